The summed E-state index contributed by atoms with van der Waals surface area (Å²) in [5.74, 6) is -0.916. The first-order valence-electron chi connectivity index (χ1n) is 6.89. The third kappa shape index (κ3) is 2.81. The predicted octanol–water partition coefficient (Wildman–Crippen LogP) is 0.860. The molecule has 2 heterocycles. The highest BCUT2D eigenvalue weighted by atomic mass is 16.4. The molecule has 6 heteroatoms. The molecule has 1 aromatic carbocycles. The second-order valence-corrected chi connectivity index (χ2v) is 5.56. The minimum atomic E-state index is -1.10. The third-order valence-corrected chi connectivity index (χ3v) is 3.95. The van der Waals surface area contributed by atoms with Crippen LogP contribution in [0, 0.1) is 0 Å². The first-order valence-corrected chi connectivity index (χ1v) is 6.89. The van der Waals surface area contributed by atoms with Gasteiger partial charge in [0.1, 0.15) is 5.54 Å². The Bertz CT molecular complexity index is 624. The molecule has 1 aliphatic rings. The highest BCUT2D eigenvalue weighted by Crippen LogP contribution is 2.21. The number of imidazole rings is 1. The van der Waals surface area contributed by atoms with Crippen LogP contribution in [0.2, 0.25) is 0 Å². The molecule has 110 valence electrons. The first kappa shape index (κ1) is 13.8. The lowest BCUT2D eigenvalue weighted by molar-refractivity contribution is -0.142. The minimum Gasteiger partial charge on any atom is -0.480 e. The number of nitrogens with two attached hydrogens (primary N) is 1. The van der Waals surface area contributed by atoms with Gasteiger partial charge in [-0.3, -0.25) is 9.69 Å². The van der Waals surface area contributed by atoms with Crippen molar-refractivity contribution in [1.29, 1.82) is 0 Å². The van der Waals surface area contributed by atoms with Crippen LogP contribution in [0.5, 0.6) is 0 Å². The van der Waals surface area contributed by atoms with E-state index in [1.54, 1.807) is 12.5 Å². The van der Waals surface area contributed by atoms with Crippen LogP contribution in [0.25, 0.3) is 5.69 Å². The maximum Gasteiger partial charge on any atom is 0.325 e. The lowest BCUT2D eigenvalue weighted by atomic mass is 10.0. The Labute approximate surface area is 122 Å². The monoisotopic (exact) mass is 286 g/mol. The lowest BCUT2D eigenvalue weighted by Crippen LogP contribution is -2.50. The number of nitrogens with zero attached hydrogens (tertiary/aromatic N) is 3. The molecule has 0 bridgehead atoms. The van der Waals surface area contributed by atoms with Gasteiger partial charge in [0.25, 0.3) is 0 Å². The van der Waals surface area contributed by atoms with Gasteiger partial charge in [0.2, 0.25) is 0 Å². The van der Waals surface area contributed by atoms with Crippen LogP contribution in [-0.4, -0.2) is 44.2 Å². The number of hydrogen-bond acceptors (Lipinski definition) is 4. The average molecular weight is 286 g/mol. The molecule has 21 heavy (non-hydrogen) atoms. The van der Waals surface area contributed by atoms with E-state index in [2.05, 4.69) is 9.88 Å². The second kappa shape index (κ2) is 5.31. The Kier molecular flexibility index (Phi) is 3.48. The van der Waals surface area contributed by atoms with E-state index < -0.39 is 11.5 Å². The normalized spacial score (nSPS) is 22.5. The summed E-state index contributed by atoms with van der Waals surface area (Å²) >= 11 is 0. The Hall–Kier alpha value is -2.18. The highest BCUT2D eigenvalue weighted by molar-refractivity contribution is 5.79. The van der Waals surface area contributed by atoms with E-state index in [0.717, 1.165) is 17.8 Å². The van der Waals surface area contributed by atoms with E-state index >= 15 is 0 Å². The van der Waals surface area contributed by atoms with Gasteiger partial charge < -0.3 is 15.4 Å². The number of rotatable bonds is 4. The summed E-state index contributed by atoms with van der Waals surface area (Å²) in [7, 11) is 0. The molecular formula is C15H18N4O2. The molecule has 1 aromatic heterocycles. The Balaban J connectivity index is 1.65. The predicted molar refractivity (Wildman–Crippen MR) is 78.0 cm³/mol. The fraction of sp³-hybridized carbons (Fsp3) is 0.333. The molecule has 1 unspecified atom stereocenters. The summed E-state index contributed by atoms with van der Waals surface area (Å²) in [6.45, 7) is 1.83. The summed E-state index contributed by atoms with van der Waals surface area (Å²) in [6.07, 6.45) is 5.89. The molecule has 0 aliphatic carbocycles. The summed E-state index contributed by atoms with van der Waals surface area (Å²) in [4.78, 5) is 17.2. The van der Waals surface area contributed by atoms with Crippen LogP contribution in [0.1, 0.15) is 12.0 Å². The van der Waals surface area contributed by atoms with Gasteiger partial charge in [-0.2, -0.15) is 0 Å². The Morgan fingerprint density at radius 2 is 2.14 bits per heavy atom. The number of carbonyl (C=O) groups is 1. The molecule has 3 N–H and O–H groups in total. The summed E-state index contributed by atoms with van der Waals surface area (Å²) < 4.78 is 1.94. The van der Waals surface area contributed by atoms with Crippen molar-refractivity contribution in [3.8, 4) is 5.69 Å². The van der Waals surface area contributed by atoms with Crippen LogP contribution >= 0.6 is 0 Å². The molecule has 1 aliphatic heterocycles. The van der Waals surface area contributed by atoms with E-state index in [1.165, 1.54) is 0 Å². The molecule has 1 atom stereocenters. The fourth-order valence-electron chi connectivity index (χ4n) is 2.67. The molecule has 1 saturated heterocycles. The summed E-state index contributed by atoms with van der Waals surface area (Å²) in [6, 6.07) is 8.15. The summed E-state index contributed by atoms with van der Waals surface area (Å²) in [5.41, 5.74) is 6.98. The van der Waals surface area contributed by atoms with Crippen LogP contribution in [-0.2, 0) is 11.3 Å². The van der Waals surface area contributed by atoms with Crippen molar-refractivity contribution in [3.63, 3.8) is 0 Å². The number of hydrogen-bond donors (Lipinski definition) is 2. The van der Waals surface area contributed by atoms with E-state index in [9.17, 15) is 4.79 Å². The van der Waals surface area contributed by atoms with Gasteiger partial charge in [-0.25, -0.2) is 4.98 Å². The average Bonchev–Trinajstić information content (AvgIpc) is 3.11. The number of carboxylic acid groups (broad SMARTS) is 1. The van der Waals surface area contributed by atoms with Crippen LogP contribution in [0.3, 0.4) is 0 Å². The number of benzene rings is 1. The maximum atomic E-state index is 11.1. The van der Waals surface area contributed by atoms with E-state index in [4.69, 9.17) is 10.8 Å². The quantitative estimate of drug-likeness (QED) is 0.871. The van der Waals surface area contributed by atoms with E-state index in [1.807, 2.05) is 35.0 Å². The second-order valence-electron chi connectivity index (χ2n) is 5.56. The van der Waals surface area contributed by atoms with Gasteiger partial charge >= 0.3 is 5.97 Å². The van der Waals surface area contributed by atoms with Crippen molar-refractivity contribution in [1.82, 2.24) is 14.5 Å². The number of aromatic nitrogens is 2. The number of carboxylic acids is 1. The third-order valence-electron chi connectivity index (χ3n) is 3.95. The molecule has 0 radical (unpaired) electrons. The summed E-state index contributed by atoms with van der Waals surface area (Å²) in [5, 5.41) is 9.14. The van der Waals surface area contributed by atoms with E-state index in [-0.39, 0.29) is 0 Å². The zero-order valence-corrected chi connectivity index (χ0v) is 11.6. The molecule has 3 rings (SSSR count). The van der Waals surface area contributed by atoms with Gasteiger partial charge in [0, 0.05) is 37.7 Å². The zero-order chi connectivity index (χ0) is 14.9. The Morgan fingerprint density at radius 1 is 1.38 bits per heavy atom. The van der Waals surface area contributed by atoms with Gasteiger partial charge in [-0.05, 0) is 24.1 Å². The lowest BCUT2D eigenvalue weighted by Gasteiger charge is -2.20. The van der Waals surface area contributed by atoms with Gasteiger partial charge in [-0.1, -0.05) is 12.1 Å². The van der Waals surface area contributed by atoms with Crippen molar-refractivity contribution in [2.75, 3.05) is 13.1 Å². The molecule has 1 fully saturated rings. The molecule has 0 saturated carbocycles. The highest BCUT2D eigenvalue weighted by Gasteiger charge is 2.40. The molecule has 0 amide bonds. The largest absolute Gasteiger partial charge is 0.480 e. The minimum absolute atomic E-state index is 0.394. The van der Waals surface area contributed by atoms with E-state index in [0.29, 0.717) is 19.5 Å². The molecular weight excluding hydrogens is 268 g/mol. The molecule has 2 aromatic rings. The topological polar surface area (TPSA) is 84.4 Å². The Morgan fingerprint density at radius 3 is 2.71 bits per heavy atom. The van der Waals surface area contributed by atoms with Crippen molar-refractivity contribution in [3.05, 3.63) is 48.5 Å². The smallest absolute Gasteiger partial charge is 0.325 e. The van der Waals surface area contributed by atoms with Crippen molar-refractivity contribution in [2.45, 2.75) is 18.5 Å². The molecule has 6 nitrogen and oxygen atoms in total. The van der Waals surface area contributed by atoms with Crippen molar-refractivity contribution < 1.29 is 9.90 Å². The maximum absolute atomic E-state index is 11.1. The number of aliphatic carboxylic acids is 1. The van der Waals surface area contributed by atoms with Crippen molar-refractivity contribution >= 4 is 5.97 Å². The van der Waals surface area contributed by atoms with Crippen LogP contribution < -0.4 is 5.73 Å². The zero-order valence-electron chi connectivity index (χ0n) is 11.6. The SMILES string of the molecule is NC1(C(=O)O)CCN(Cc2ccc(-n3ccnc3)cc2)C1. The van der Waals surface area contributed by atoms with Crippen molar-refractivity contribution in [2.24, 2.45) is 5.73 Å². The van der Waals surface area contributed by atoms with Gasteiger partial charge in [0.05, 0.1) is 6.33 Å². The van der Waals surface area contributed by atoms with Crippen LogP contribution in [0.4, 0.5) is 0 Å². The molecule has 0 spiro atoms. The fourth-order valence-corrected chi connectivity index (χ4v) is 2.67. The standard InChI is InChI=1S/C15H18N4O2/c16-15(14(20)21)5-7-18(10-15)9-12-1-3-13(4-2-12)19-8-6-17-11-19/h1-4,6,8,11H,5,7,9-10,16H2,(H,20,21). The van der Waals surface area contributed by atoms with Gasteiger partial charge in [-0.15, -0.1) is 0 Å². The first-order chi connectivity index (χ1) is 10.1. The van der Waals surface area contributed by atoms with Gasteiger partial charge in [0.15, 0.2) is 0 Å². The number of likely N-dealkylation sites (tertiary alicyclic amines) is 1. The van der Waals surface area contributed by atoms with Crippen LogP contribution in [0.15, 0.2) is 43.0 Å².